The predicted molar refractivity (Wildman–Crippen MR) is 176 cm³/mol. The molecule has 2 heterocycles. The van der Waals surface area contributed by atoms with Crippen LogP contribution in [0.5, 0.6) is 11.5 Å². The summed E-state index contributed by atoms with van der Waals surface area (Å²) in [6, 6.07) is 3.42. The van der Waals surface area contributed by atoms with E-state index in [-0.39, 0.29) is 54.1 Å². The van der Waals surface area contributed by atoms with E-state index in [1.807, 2.05) is 13.0 Å². The van der Waals surface area contributed by atoms with Crippen molar-refractivity contribution in [2.75, 3.05) is 27.7 Å². The van der Waals surface area contributed by atoms with Crippen molar-refractivity contribution in [3.63, 3.8) is 0 Å². The lowest BCUT2D eigenvalue weighted by atomic mass is 9.79. The molecule has 1 fully saturated rings. The average Bonchev–Trinajstić information content (AvgIpc) is 3.45. The first-order valence-corrected chi connectivity index (χ1v) is 16.6. The predicted octanol–water partition coefficient (Wildman–Crippen LogP) is 5.25. The van der Waals surface area contributed by atoms with Crippen LogP contribution in [0.2, 0.25) is 0 Å². The SMILES string of the molecule is CCCCCc1cc(O)c([C@@H]2C=C(C)CC[C@H]2[N+](C)(C)C)c(OC(=O)NC/C=C/C2=C(C(=O)O)N3C(=O)C[C@@H]([C@@H](C)O)[C@H]3[C@H]2C)c1. The van der Waals surface area contributed by atoms with Gasteiger partial charge in [-0.15, -0.1) is 0 Å². The molecular formula is C36H52N3O7+. The van der Waals surface area contributed by atoms with Gasteiger partial charge in [0.2, 0.25) is 5.91 Å². The fourth-order valence-electron chi connectivity index (χ4n) is 7.57. The number of aromatic hydroxyl groups is 1. The van der Waals surface area contributed by atoms with Crippen LogP contribution >= 0.6 is 0 Å². The summed E-state index contributed by atoms with van der Waals surface area (Å²) in [5.74, 6) is -1.86. The zero-order chi connectivity index (χ0) is 33.9. The largest absolute Gasteiger partial charge is 0.507 e. The number of likely N-dealkylation sites (N-methyl/N-ethyl adjacent to an activating group) is 1. The maximum Gasteiger partial charge on any atom is 0.412 e. The van der Waals surface area contributed by atoms with Crippen LogP contribution in [0.1, 0.15) is 83.3 Å². The highest BCUT2D eigenvalue weighted by Gasteiger charge is 2.53. The number of hydrogen-bond donors (Lipinski definition) is 4. The van der Waals surface area contributed by atoms with Crippen LogP contribution in [0.15, 0.2) is 47.2 Å². The van der Waals surface area contributed by atoms with E-state index in [9.17, 15) is 29.7 Å². The number of allylic oxidation sites excluding steroid dienone is 2. The standard InChI is InChI=1S/C36H51N3O7/c1-8-9-10-12-24-18-29(41)32(27-17-21(2)14-15-28(27)39(5,6)7)30(19-24)46-36(45)37-16-11-13-25-22(3)33-26(23(4)40)20-31(42)38(33)34(25)35(43)44/h11,13,17-19,22-23,26-28,33,40H,8-10,12,14-16,20H2,1-7H3,(H2-,37,41,43,44,45)/p+1/b13-11+/t22-,23+,26-,27+,28+,33+/m0/s1. The minimum absolute atomic E-state index is 0.0574. The van der Waals surface area contributed by atoms with E-state index in [2.05, 4.69) is 46.4 Å². The lowest BCUT2D eigenvalue weighted by Gasteiger charge is -2.41. The van der Waals surface area contributed by atoms with Crippen LogP contribution in [0.25, 0.3) is 0 Å². The number of unbranched alkanes of at least 4 members (excludes halogenated alkanes) is 2. The number of aliphatic hydroxyl groups excluding tert-OH is 1. The van der Waals surface area contributed by atoms with Gasteiger partial charge in [0.05, 0.1) is 39.2 Å². The summed E-state index contributed by atoms with van der Waals surface area (Å²) in [6.07, 6.45) is 9.89. The average molecular weight is 639 g/mol. The van der Waals surface area contributed by atoms with Crippen molar-refractivity contribution in [3.05, 3.63) is 58.3 Å². The molecule has 0 spiro atoms. The van der Waals surface area contributed by atoms with Gasteiger partial charge in [0.15, 0.2) is 0 Å². The molecule has 2 aliphatic heterocycles. The number of quaternary nitrogens is 1. The van der Waals surface area contributed by atoms with Crippen LogP contribution in [0.4, 0.5) is 4.79 Å². The molecule has 1 aromatic carbocycles. The molecule has 3 aliphatic rings. The third kappa shape index (κ3) is 7.50. The molecule has 1 aliphatic carbocycles. The first kappa shape index (κ1) is 35.2. The van der Waals surface area contributed by atoms with E-state index in [0.717, 1.165) is 44.1 Å². The number of benzene rings is 1. The molecule has 0 radical (unpaired) electrons. The molecule has 10 heteroatoms. The highest BCUT2D eigenvalue weighted by atomic mass is 16.6. The number of aryl methyl sites for hydroxylation is 1. The molecule has 0 saturated carbocycles. The number of aliphatic carboxylic acids is 1. The Morgan fingerprint density at radius 1 is 1.22 bits per heavy atom. The maximum atomic E-state index is 13.2. The summed E-state index contributed by atoms with van der Waals surface area (Å²) in [6.45, 7) is 7.77. The van der Waals surface area contributed by atoms with Gasteiger partial charge < -0.3 is 34.8 Å². The summed E-state index contributed by atoms with van der Waals surface area (Å²) in [4.78, 5) is 39.4. The summed E-state index contributed by atoms with van der Waals surface area (Å²) in [5, 5.41) is 34.3. The lowest BCUT2D eigenvalue weighted by molar-refractivity contribution is -0.897. The van der Waals surface area contributed by atoms with E-state index in [1.165, 1.54) is 10.5 Å². The topological polar surface area (TPSA) is 136 Å². The van der Waals surface area contributed by atoms with Gasteiger partial charge in [-0.25, -0.2) is 9.59 Å². The highest BCUT2D eigenvalue weighted by Crippen LogP contribution is 2.46. The zero-order valence-electron chi connectivity index (χ0n) is 28.4. The van der Waals surface area contributed by atoms with Gasteiger partial charge in [-0.05, 0) is 56.4 Å². The van der Waals surface area contributed by atoms with Crippen molar-refractivity contribution >= 4 is 18.0 Å². The molecule has 4 N–H and O–H groups in total. The Morgan fingerprint density at radius 3 is 2.57 bits per heavy atom. The van der Waals surface area contributed by atoms with Crippen LogP contribution in [0.3, 0.4) is 0 Å². The fourth-order valence-corrected chi connectivity index (χ4v) is 7.57. The van der Waals surface area contributed by atoms with Crippen LogP contribution in [0, 0.1) is 11.8 Å². The van der Waals surface area contributed by atoms with Crippen molar-refractivity contribution in [3.8, 4) is 11.5 Å². The minimum Gasteiger partial charge on any atom is -0.507 e. The number of rotatable bonds is 12. The Bertz CT molecular complexity index is 1420. The molecule has 0 unspecified atom stereocenters. The number of carbonyl (C=O) groups is 3. The Morgan fingerprint density at radius 2 is 1.93 bits per heavy atom. The first-order chi connectivity index (χ1) is 21.6. The molecule has 2 amide bonds. The number of carboxylic acids is 1. The monoisotopic (exact) mass is 638 g/mol. The molecule has 0 aromatic heterocycles. The third-order valence-corrected chi connectivity index (χ3v) is 9.91. The minimum atomic E-state index is -1.20. The number of hydrogen-bond acceptors (Lipinski definition) is 6. The van der Waals surface area contributed by atoms with Crippen molar-refractivity contribution in [2.45, 2.75) is 96.7 Å². The second-order valence-electron chi connectivity index (χ2n) is 14.2. The molecule has 46 heavy (non-hydrogen) atoms. The van der Waals surface area contributed by atoms with Crippen LogP contribution in [-0.4, -0.2) is 88.5 Å². The van der Waals surface area contributed by atoms with Gasteiger partial charge in [0.1, 0.15) is 17.2 Å². The number of fused-ring (bicyclic) bond motifs is 1. The highest BCUT2D eigenvalue weighted by molar-refractivity contribution is 5.96. The molecule has 4 rings (SSSR count). The number of phenolic OH excluding ortho intramolecular Hbond substituents is 1. The van der Waals surface area contributed by atoms with Crippen LogP contribution in [-0.2, 0) is 16.0 Å². The van der Waals surface area contributed by atoms with Gasteiger partial charge in [0.25, 0.3) is 0 Å². The molecule has 10 nitrogen and oxygen atoms in total. The number of carbonyl (C=O) groups excluding carboxylic acids is 2. The summed E-state index contributed by atoms with van der Waals surface area (Å²) in [7, 11) is 6.43. The number of aliphatic hydroxyl groups is 1. The molecule has 1 aromatic rings. The number of nitrogens with one attached hydrogen (secondary N) is 1. The van der Waals surface area contributed by atoms with E-state index < -0.39 is 24.2 Å². The molecule has 6 atom stereocenters. The van der Waals surface area contributed by atoms with E-state index in [1.54, 1.807) is 25.1 Å². The van der Waals surface area contributed by atoms with E-state index in [4.69, 9.17) is 4.74 Å². The molecule has 0 bridgehead atoms. The van der Waals surface area contributed by atoms with Crippen LogP contribution < -0.4 is 10.1 Å². The van der Waals surface area contributed by atoms with E-state index in [0.29, 0.717) is 21.4 Å². The summed E-state index contributed by atoms with van der Waals surface area (Å²) >= 11 is 0. The maximum absolute atomic E-state index is 13.2. The smallest absolute Gasteiger partial charge is 0.412 e. The molecular weight excluding hydrogens is 586 g/mol. The Labute approximate surface area is 273 Å². The normalized spacial score (nSPS) is 25.6. The Hall–Kier alpha value is -3.63. The zero-order valence-corrected chi connectivity index (χ0v) is 28.4. The van der Waals surface area contributed by atoms with Gasteiger partial charge >= 0.3 is 12.1 Å². The van der Waals surface area contributed by atoms with Gasteiger partial charge in [-0.3, -0.25) is 4.79 Å². The second-order valence-corrected chi connectivity index (χ2v) is 14.2. The number of carboxylic acid groups (broad SMARTS) is 1. The Kier molecular flexibility index (Phi) is 11.0. The number of amides is 2. The van der Waals surface area contributed by atoms with Gasteiger partial charge in [-0.1, -0.05) is 50.5 Å². The van der Waals surface area contributed by atoms with Crippen molar-refractivity contribution in [2.24, 2.45) is 11.8 Å². The van der Waals surface area contributed by atoms with Crippen molar-refractivity contribution in [1.29, 1.82) is 0 Å². The van der Waals surface area contributed by atoms with Gasteiger partial charge in [-0.2, -0.15) is 0 Å². The molecule has 252 valence electrons. The van der Waals surface area contributed by atoms with Gasteiger partial charge in [0, 0.05) is 42.8 Å². The Balaban J connectivity index is 1.55. The van der Waals surface area contributed by atoms with Crippen molar-refractivity contribution < 1.29 is 38.9 Å². The van der Waals surface area contributed by atoms with Crippen molar-refractivity contribution in [1.82, 2.24) is 10.2 Å². The molecule has 1 saturated heterocycles. The third-order valence-electron chi connectivity index (χ3n) is 9.91. The summed E-state index contributed by atoms with van der Waals surface area (Å²) in [5.41, 5.74) is 3.15. The number of nitrogens with zero attached hydrogens (tertiary/aromatic N) is 2. The lowest BCUT2D eigenvalue weighted by Crippen LogP contribution is -2.49. The quantitative estimate of drug-likeness (QED) is 0.139. The first-order valence-electron chi connectivity index (χ1n) is 16.6. The van der Waals surface area contributed by atoms with E-state index >= 15 is 0 Å². The number of ether oxygens (including phenoxy) is 1. The second kappa shape index (κ2) is 14.4. The summed E-state index contributed by atoms with van der Waals surface area (Å²) < 4.78 is 6.62. The fraction of sp³-hybridized carbons (Fsp3) is 0.583. The number of phenols is 1.